The molecular formula is C12H16O4S. The molecule has 0 saturated heterocycles. The third-order valence-corrected chi connectivity index (χ3v) is 3.30. The molecule has 0 heterocycles. The third-order valence-electron chi connectivity index (χ3n) is 2.56. The number of aliphatic carboxylic acids is 1. The number of hydrogen-bond donors (Lipinski definition) is 1. The number of thioether (sulfide) groups is 1. The van der Waals surface area contributed by atoms with Crippen molar-refractivity contribution >= 4 is 17.7 Å². The summed E-state index contributed by atoms with van der Waals surface area (Å²) >= 11 is 1.49. The highest BCUT2D eigenvalue weighted by atomic mass is 32.2. The Kier molecular flexibility index (Phi) is 4.69. The lowest BCUT2D eigenvalue weighted by Crippen LogP contribution is -2.08. The molecule has 0 amide bonds. The van der Waals surface area contributed by atoms with Crippen molar-refractivity contribution in [1.29, 1.82) is 0 Å². The van der Waals surface area contributed by atoms with Crippen molar-refractivity contribution in [2.75, 3.05) is 20.5 Å². The molecule has 0 bridgehead atoms. The Morgan fingerprint density at radius 1 is 1.35 bits per heavy atom. The third kappa shape index (κ3) is 2.85. The first-order chi connectivity index (χ1) is 8.04. The number of carboxylic acid groups (broad SMARTS) is 1. The highest BCUT2D eigenvalue weighted by Crippen LogP contribution is 2.39. The van der Waals surface area contributed by atoms with Gasteiger partial charge in [0.25, 0.3) is 0 Å². The van der Waals surface area contributed by atoms with E-state index in [4.69, 9.17) is 14.6 Å². The predicted octanol–water partition coefficient (Wildman–Crippen LogP) is 2.61. The maximum absolute atomic E-state index is 11.0. The highest BCUT2D eigenvalue weighted by Gasteiger charge is 2.19. The smallest absolute Gasteiger partial charge is 0.310 e. The standard InChI is InChI=1S/C12H16O4S/c1-7(12(13)14)8-5-9(15-2)11(16-3)10(6-8)17-4/h5-7H,1-4H3,(H,13,14). The average molecular weight is 256 g/mol. The van der Waals surface area contributed by atoms with Crippen molar-refractivity contribution in [3.63, 3.8) is 0 Å². The zero-order valence-electron chi connectivity index (χ0n) is 10.3. The van der Waals surface area contributed by atoms with Crippen molar-refractivity contribution in [3.05, 3.63) is 17.7 Å². The molecule has 17 heavy (non-hydrogen) atoms. The van der Waals surface area contributed by atoms with Crippen LogP contribution in [-0.2, 0) is 4.79 Å². The van der Waals surface area contributed by atoms with Crippen molar-refractivity contribution < 1.29 is 19.4 Å². The maximum Gasteiger partial charge on any atom is 0.310 e. The minimum atomic E-state index is -0.857. The number of carbonyl (C=O) groups is 1. The van der Waals surface area contributed by atoms with Crippen LogP contribution in [0.3, 0.4) is 0 Å². The molecule has 0 radical (unpaired) electrons. The van der Waals surface area contributed by atoms with Crippen molar-refractivity contribution in [3.8, 4) is 11.5 Å². The van der Waals surface area contributed by atoms with Crippen LogP contribution in [0.2, 0.25) is 0 Å². The minimum Gasteiger partial charge on any atom is -0.493 e. The van der Waals surface area contributed by atoms with Gasteiger partial charge in [0.05, 0.1) is 25.0 Å². The molecule has 1 atom stereocenters. The summed E-state index contributed by atoms with van der Waals surface area (Å²) in [6.07, 6.45) is 1.91. The number of ether oxygens (including phenoxy) is 2. The SMILES string of the molecule is COc1cc(C(C)C(=O)O)cc(SC)c1OC. The van der Waals surface area contributed by atoms with Crippen LogP contribution in [0.15, 0.2) is 17.0 Å². The van der Waals surface area contributed by atoms with E-state index in [0.717, 1.165) is 4.90 Å². The van der Waals surface area contributed by atoms with E-state index < -0.39 is 11.9 Å². The summed E-state index contributed by atoms with van der Waals surface area (Å²) in [5.41, 5.74) is 0.708. The van der Waals surface area contributed by atoms with Gasteiger partial charge >= 0.3 is 5.97 Å². The Balaban J connectivity index is 3.31. The molecule has 0 aliphatic heterocycles. The summed E-state index contributed by atoms with van der Waals surface area (Å²) in [7, 11) is 3.11. The second-order valence-electron chi connectivity index (χ2n) is 3.52. The molecule has 0 fully saturated rings. The van der Waals surface area contributed by atoms with Gasteiger partial charge in [-0.2, -0.15) is 0 Å². The topological polar surface area (TPSA) is 55.8 Å². The second-order valence-corrected chi connectivity index (χ2v) is 4.37. The molecule has 0 saturated carbocycles. The minimum absolute atomic E-state index is 0.558. The summed E-state index contributed by atoms with van der Waals surface area (Å²) in [4.78, 5) is 11.8. The van der Waals surface area contributed by atoms with Gasteiger partial charge in [-0.05, 0) is 30.9 Å². The van der Waals surface area contributed by atoms with E-state index in [1.807, 2.05) is 12.3 Å². The zero-order valence-corrected chi connectivity index (χ0v) is 11.1. The molecule has 1 aromatic carbocycles. The Hall–Kier alpha value is -1.36. The Labute approximate surface area is 105 Å². The molecule has 1 N–H and O–H groups in total. The van der Waals surface area contributed by atoms with Crippen LogP contribution in [-0.4, -0.2) is 31.6 Å². The zero-order chi connectivity index (χ0) is 13.0. The summed E-state index contributed by atoms with van der Waals surface area (Å²) in [6.45, 7) is 1.65. The second kappa shape index (κ2) is 5.82. The molecule has 1 rings (SSSR count). The van der Waals surface area contributed by atoms with Crippen LogP contribution in [0.5, 0.6) is 11.5 Å². The van der Waals surface area contributed by atoms with Crippen molar-refractivity contribution in [2.24, 2.45) is 0 Å². The van der Waals surface area contributed by atoms with Crippen LogP contribution in [0.25, 0.3) is 0 Å². The van der Waals surface area contributed by atoms with Gasteiger partial charge in [-0.15, -0.1) is 11.8 Å². The monoisotopic (exact) mass is 256 g/mol. The van der Waals surface area contributed by atoms with Gasteiger partial charge in [0.15, 0.2) is 11.5 Å². The molecule has 0 aliphatic carbocycles. The number of benzene rings is 1. The first-order valence-corrected chi connectivity index (χ1v) is 6.30. The van der Waals surface area contributed by atoms with Gasteiger partial charge in [0.1, 0.15) is 0 Å². The fourth-order valence-corrected chi connectivity index (χ4v) is 2.12. The van der Waals surface area contributed by atoms with Gasteiger partial charge in [-0.1, -0.05) is 0 Å². The fraction of sp³-hybridized carbons (Fsp3) is 0.417. The maximum atomic E-state index is 11.0. The molecule has 1 aromatic rings. The van der Waals surface area contributed by atoms with E-state index in [1.165, 1.54) is 18.9 Å². The summed E-state index contributed by atoms with van der Waals surface area (Å²) < 4.78 is 10.5. The molecule has 4 nitrogen and oxygen atoms in total. The van der Waals surface area contributed by atoms with Crippen LogP contribution < -0.4 is 9.47 Å². The molecular weight excluding hydrogens is 240 g/mol. The Bertz CT molecular complexity index is 392. The van der Waals surface area contributed by atoms with E-state index in [-0.39, 0.29) is 0 Å². The predicted molar refractivity (Wildman–Crippen MR) is 67.4 cm³/mol. The van der Waals surface area contributed by atoms with Gasteiger partial charge in [-0.25, -0.2) is 0 Å². The summed E-state index contributed by atoms with van der Waals surface area (Å²) in [5, 5.41) is 9.01. The number of hydrogen-bond acceptors (Lipinski definition) is 4. The normalized spacial score (nSPS) is 12.0. The highest BCUT2D eigenvalue weighted by molar-refractivity contribution is 7.98. The summed E-state index contributed by atoms with van der Waals surface area (Å²) in [6, 6.07) is 3.53. The van der Waals surface area contributed by atoms with E-state index in [9.17, 15) is 4.79 Å². The quantitative estimate of drug-likeness (QED) is 0.821. The Morgan fingerprint density at radius 3 is 2.41 bits per heavy atom. The van der Waals surface area contributed by atoms with Crippen LogP contribution in [0, 0.1) is 0 Å². The molecule has 0 aliphatic rings. The molecule has 0 aromatic heterocycles. The largest absolute Gasteiger partial charge is 0.493 e. The van der Waals surface area contributed by atoms with Crippen molar-refractivity contribution in [1.82, 2.24) is 0 Å². The van der Waals surface area contributed by atoms with E-state index in [2.05, 4.69) is 0 Å². The molecule has 1 unspecified atom stereocenters. The van der Waals surface area contributed by atoms with E-state index in [1.54, 1.807) is 20.1 Å². The van der Waals surface area contributed by atoms with Crippen LogP contribution in [0.1, 0.15) is 18.4 Å². The summed E-state index contributed by atoms with van der Waals surface area (Å²) in [5.74, 6) is -0.228. The molecule has 0 spiro atoms. The molecule has 5 heteroatoms. The van der Waals surface area contributed by atoms with Gasteiger partial charge < -0.3 is 14.6 Å². The van der Waals surface area contributed by atoms with Crippen molar-refractivity contribution in [2.45, 2.75) is 17.7 Å². The number of rotatable bonds is 5. The van der Waals surface area contributed by atoms with Gasteiger partial charge in [0, 0.05) is 0 Å². The average Bonchev–Trinajstić information content (AvgIpc) is 2.35. The van der Waals surface area contributed by atoms with Gasteiger partial charge in [-0.3, -0.25) is 4.79 Å². The van der Waals surface area contributed by atoms with Crippen LogP contribution >= 0.6 is 11.8 Å². The van der Waals surface area contributed by atoms with Crippen LogP contribution in [0.4, 0.5) is 0 Å². The first-order valence-electron chi connectivity index (χ1n) is 5.07. The van der Waals surface area contributed by atoms with E-state index in [0.29, 0.717) is 17.1 Å². The fourth-order valence-electron chi connectivity index (χ4n) is 1.49. The molecule has 94 valence electrons. The number of carboxylic acids is 1. The lowest BCUT2D eigenvalue weighted by atomic mass is 10.0. The first kappa shape index (κ1) is 13.7. The Morgan fingerprint density at radius 2 is 2.00 bits per heavy atom. The van der Waals surface area contributed by atoms with E-state index >= 15 is 0 Å². The lowest BCUT2D eigenvalue weighted by Gasteiger charge is -2.15. The lowest BCUT2D eigenvalue weighted by molar-refractivity contribution is -0.138. The number of methoxy groups -OCH3 is 2. The van der Waals surface area contributed by atoms with Gasteiger partial charge in [0.2, 0.25) is 0 Å².